The van der Waals surface area contributed by atoms with Crippen LogP contribution in [0.15, 0.2) is 24.3 Å². The summed E-state index contributed by atoms with van der Waals surface area (Å²) in [7, 11) is 0. The van der Waals surface area contributed by atoms with Gasteiger partial charge in [0.2, 0.25) is 0 Å². The number of piperidine rings is 1. The molecule has 1 aliphatic rings. The van der Waals surface area contributed by atoms with Crippen molar-refractivity contribution in [3.8, 4) is 0 Å². The van der Waals surface area contributed by atoms with Gasteiger partial charge in [0.25, 0.3) is 0 Å². The third-order valence-electron chi connectivity index (χ3n) is 4.35. The van der Waals surface area contributed by atoms with E-state index in [0.717, 1.165) is 19.3 Å². The Morgan fingerprint density at radius 2 is 2.14 bits per heavy atom. The van der Waals surface area contributed by atoms with Gasteiger partial charge in [0, 0.05) is 24.2 Å². The first-order valence-corrected chi connectivity index (χ1v) is 7.97. The highest BCUT2D eigenvalue weighted by molar-refractivity contribution is 5.16. The van der Waals surface area contributed by atoms with Crippen molar-refractivity contribution in [3.63, 3.8) is 0 Å². The van der Waals surface area contributed by atoms with E-state index in [1.807, 2.05) is 0 Å². The molecule has 0 amide bonds. The Labute approximate surface area is 131 Å². The SMILES string of the molecule is CC1CCCC(CO)N1CC(O)COCc1ccccc1F. The predicted octanol–water partition coefficient (Wildman–Crippen LogP) is 1.94. The van der Waals surface area contributed by atoms with Crippen molar-refractivity contribution in [2.75, 3.05) is 19.8 Å². The van der Waals surface area contributed by atoms with E-state index in [4.69, 9.17) is 4.74 Å². The molecule has 124 valence electrons. The van der Waals surface area contributed by atoms with E-state index in [9.17, 15) is 14.6 Å². The summed E-state index contributed by atoms with van der Waals surface area (Å²) in [5.41, 5.74) is 0.495. The fourth-order valence-electron chi connectivity index (χ4n) is 3.08. The number of benzene rings is 1. The number of aliphatic hydroxyl groups is 2. The number of nitrogens with zero attached hydrogens (tertiary/aromatic N) is 1. The van der Waals surface area contributed by atoms with Gasteiger partial charge in [0.15, 0.2) is 0 Å². The minimum atomic E-state index is -0.638. The van der Waals surface area contributed by atoms with Crippen molar-refractivity contribution in [2.24, 2.45) is 0 Å². The summed E-state index contributed by atoms with van der Waals surface area (Å²) in [4.78, 5) is 2.15. The van der Waals surface area contributed by atoms with Crippen molar-refractivity contribution >= 4 is 0 Å². The summed E-state index contributed by atoms with van der Waals surface area (Å²) in [5.74, 6) is -0.290. The zero-order valence-corrected chi connectivity index (χ0v) is 13.1. The first-order chi connectivity index (χ1) is 10.6. The van der Waals surface area contributed by atoms with E-state index in [1.54, 1.807) is 18.2 Å². The Bertz CT molecular complexity index is 457. The third-order valence-corrected chi connectivity index (χ3v) is 4.35. The predicted molar refractivity (Wildman–Crippen MR) is 83.0 cm³/mol. The van der Waals surface area contributed by atoms with Gasteiger partial charge < -0.3 is 14.9 Å². The average molecular weight is 311 g/mol. The van der Waals surface area contributed by atoms with Crippen LogP contribution in [-0.2, 0) is 11.3 Å². The molecular formula is C17H26FNO3. The van der Waals surface area contributed by atoms with Gasteiger partial charge in [-0.2, -0.15) is 0 Å². The van der Waals surface area contributed by atoms with Crippen molar-refractivity contribution in [1.82, 2.24) is 4.90 Å². The molecule has 3 atom stereocenters. The second kappa shape index (κ2) is 8.58. The fraction of sp³-hybridized carbons (Fsp3) is 0.647. The van der Waals surface area contributed by atoms with E-state index in [2.05, 4.69) is 11.8 Å². The lowest BCUT2D eigenvalue weighted by molar-refractivity contribution is -0.0258. The van der Waals surface area contributed by atoms with Gasteiger partial charge in [-0.1, -0.05) is 24.6 Å². The van der Waals surface area contributed by atoms with Gasteiger partial charge in [0.1, 0.15) is 5.82 Å². The van der Waals surface area contributed by atoms with Crippen LogP contribution < -0.4 is 0 Å². The number of ether oxygens (including phenoxy) is 1. The Hall–Kier alpha value is -1.01. The van der Waals surface area contributed by atoms with Crippen LogP contribution in [0.4, 0.5) is 4.39 Å². The monoisotopic (exact) mass is 311 g/mol. The van der Waals surface area contributed by atoms with Crippen LogP contribution in [0.1, 0.15) is 31.7 Å². The molecule has 0 aliphatic carbocycles. The van der Waals surface area contributed by atoms with Gasteiger partial charge in [-0.15, -0.1) is 0 Å². The number of β-amino-alcohol motifs (C(OH)–C–C–N with tert-alkyl or cyclic N) is 1. The maximum Gasteiger partial charge on any atom is 0.128 e. The summed E-state index contributed by atoms with van der Waals surface area (Å²) in [6.45, 7) is 3.03. The molecule has 1 saturated heterocycles. The van der Waals surface area contributed by atoms with Gasteiger partial charge in [-0.25, -0.2) is 4.39 Å². The highest BCUT2D eigenvalue weighted by Gasteiger charge is 2.28. The molecular weight excluding hydrogens is 285 g/mol. The van der Waals surface area contributed by atoms with Gasteiger partial charge in [-0.05, 0) is 25.8 Å². The van der Waals surface area contributed by atoms with Crippen LogP contribution in [-0.4, -0.2) is 53.1 Å². The molecule has 1 aliphatic heterocycles. The Morgan fingerprint density at radius 1 is 1.36 bits per heavy atom. The quantitative estimate of drug-likeness (QED) is 0.808. The molecule has 5 heteroatoms. The topological polar surface area (TPSA) is 52.9 Å². The number of likely N-dealkylation sites (tertiary alicyclic amines) is 1. The summed E-state index contributed by atoms with van der Waals surface area (Å²) in [6.07, 6.45) is 2.52. The van der Waals surface area contributed by atoms with E-state index in [1.165, 1.54) is 6.07 Å². The van der Waals surface area contributed by atoms with Gasteiger partial charge in [0.05, 0.1) is 25.9 Å². The number of hydrogen-bond acceptors (Lipinski definition) is 4. The van der Waals surface area contributed by atoms with Gasteiger partial charge >= 0.3 is 0 Å². The summed E-state index contributed by atoms with van der Waals surface area (Å²) < 4.78 is 18.9. The largest absolute Gasteiger partial charge is 0.395 e. The molecule has 2 rings (SSSR count). The number of aliphatic hydroxyl groups excluding tert-OH is 2. The normalized spacial score (nSPS) is 24.4. The van der Waals surface area contributed by atoms with E-state index >= 15 is 0 Å². The van der Waals surface area contributed by atoms with E-state index in [0.29, 0.717) is 18.2 Å². The lowest BCUT2D eigenvalue weighted by Crippen LogP contribution is -2.50. The second-order valence-electron chi connectivity index (χ2n) is 6.07. The molecule has 0 aromatic heterocycles. The van der Waals surface area contributed by atoms with Crippen molar-refractivity contribution in [1.29, 1.82) is 0 Å². The van der Waals surface area contributed by atoms with Gasteiger partial charge in [-0.3, -0.25) is 4.90 Å². The number of halogens is 1. The van der Waals surface area contributed by atoms with Crippen LogP contribution in [0, 0.1) is 5.82 Å². The van der Waals surface area contributed by atoms with Crippen molar-refractivity contribution in [3.05, 3.63) is 35.6 Å². The first-order valence-electron chi connectivity index (χ1n) is 7.97. The lowest BCUT2D eigenvalue weighted by Gasteiger charge is -2.40. The van der Waals surface area contributed by atoms with Crippen LogP contribution in [0.2, 0.25) is 0 Å². The first kappa shape index (κ1) is 17.3. The second-order valence-corrected chi connectivity index (χ2v) is 6.07. The standard InChI is InChI=1S/C17H26FNO3/c1-13-5-4-7-15(10-20)19(13)9-16(21)12-22-11-14-6-2-3-8-17(14)18/h2-3,6,8,13,15-16,20-21H,4-5,7,9-12H2,1H3. The summed E-state index contributed by atoms with van der Waals surface area (Å²) >= 11 is 0. The Kier molecular flexibility index (Phi) is 6.76. The smallest absolute Gasteiger partial charge is 0.128 e. The highest BCUT2D eigenvalue weighted by atomic mass is 19.1. The van der Waals surface area contributed by atoms with Crippen LogP contribution in [0.3, 0.4) is 0 Å². The average Bonchev–Trinajstić information content (AvgIpc) is 2.51. The molecule has 0 saturated carbocycles. The van der Waals surface area contributed by atoms with Crippen LogP contribution >= 0.6 is 0 Å². The zero-order valence-electron chi connectivity index (χ0n) is 13.1. The van der Waals surface area contributed by atoms with E-state index < -0.39 is 6.10 Å². The summed E-state index contributed by atoms with van der Waals surface area (Å²) in [5, 5.41) is 19.6. The third kappa shape index (κ3) is 4.74. The van der Waals surface area contributed by atoms with Crippen LogP contribution in [0.5, 0.6) is 0 Å². The molecule has 4 nitrogen and oxygen atoms in total. The number of rotatable bonds is 7. The van der Waals surface area contributed by atoms with Crippen LogP contribution in [0.25, 0.3) is 0 Å². The molecule has 1 aromatic carbocycles. The minimum absolute atomic E-state index is 0.116. The Balaban J connectivity index is 1.77. The molecule has 1 fully saturated rings. The minimum Gasteiger partial charge on any atom is -0.395 e. The molecule has 0 bridgehead atoms. The molecule has 3 unspecified atom stereocenters. The Morgan fingerprint density at radius 3 is 2.86 bits per heavy atom. The maximum atomic E-state index is 13.5. The van der Waals surface area contributed by atoms with Crippen molar-refractivity contribution < 1.29 is 19.3 Å². The molecule has 22 heavy (non-hydrogen) atoms. The van der Waals surface area contributed by atoms with E-state index in [-0.39, 0.29) is 31.7 Å². The zero-order chi connectivity index (χ0) is 15.9. The number of hydrogen-bond donors (Lipinski definition) is 2. The van der Waals surface area contributed by atoms with Crippen molar-refractivity contribution in [2.45, 2.75) is 51.0 Å². The molecule has 1 heterocycles. The lowest BCUT2D eigenvalue weighted by atomic mass is 9.96. The molecule has 1 aromatic rings. The maximum absolute atomic E-state index is 13.5. The molecule has 0 spiro atoms. The molecule has 2 N–H and O–H groups in total. The highest BCUT2D eigenvalue weighted by Crippen LogP contribution is 2.22. The molecule has 0 radical (unpaired) electrons. The fourth-order valence-corrected chi connectivity index (χ4v) is 3.08. The summed E-state index contributed by atoms with van der Waals surface area (Å²) in [6, 6.07) is 6.95.